The molecule has 2 aliphatic rings. The van der Waals surface area contributed by atoms with Crippen molar-refractivity contribution in [2.45, 2.75) is 101 Å². The van der Waals surface area contributed by atoms with Crippen LogP contribution in [0.4, 0.5) is 0 Å². The summed E-state index contributed by atoms with van der Waals surface area (Å²) in [5, 5.41) is 30.1. The molecule has 0 bridgehead atoms. The van der Waals surface area contributed by atoms with Gasteiger partial charge in [0.1, 0.15) is 0 Å². The molecular weight excluding hydrogens is 400 g/mol. The third kappa shape index (κ3) is 6.21. The lowest BCUT2D eigenvalue weighted by atomic mass is 9.81. The number of rotatable bonds is 10. The van der Waals surface area contributed by atoms with Crippen molar-refractivity contribution in [3.05, 3.63) is 35.4 Å². The van der Waals surface area contributed by atoms with Crippen LogP contribution in [0.15, 0.2) is 24.3 Å². The van der Waals surface area contributed by atoms with Crippen LogP contribution in [-0.4, -0.2) is 32.8 Å². The van der Waals surface area contributed by atoms with Gasteiger partial charge in [-0.3, -0.25) is 4.79 Å². The third-order valence-electron chi connectivity index (χ3n) is 7.24. The van der Waals surface area contributed by atoms with Gasteiger partial charge in [-0.25, -0.2) is 0 Å². The van der Waals surface area contributed by atoms with Crippen molar-refractivity contribution < 1.29 is 20.1 Å². The fourth-order valence-electron chi connectivity index (χ4n) is 5.54. The number of aliphatic hydroxyl groups excluding tert-OH is 2. The highest BCUT2D eigenvalue weighted by Gasteiger charge is 2.41. The molecule has 5 atom stereocenters. The van der Waals surface area contributed by atoms with Crippen LogP contribution in [0.25, 0.3) is 0 Å². The largest absolute Gasteiger partial charge is 0.481 e. The Labute approximate surface area is 185 Å². The monoisotopic (exact) mass is 436 g/mol. The molecule has 2 fully saturated rings. The molecule has 4 nitrogen and oxygen atoms in total. The number of benzene rings is 1. The fourth-order valence-corrected chi connectivity index (χ4v) is 6.00. The van der Waals surface area contributed by atoms with Crippen molar-refractivity contribution in [3.63, 3.8) is 0 Å². The fraction of sp³-hybridized carbons (Fsp3) is 0.720. The van der Waals surface area contributed by atoms with Crippen molar-refractivity contribution in [1.29, 1.82) is 0 Å². The van der Waals surface area contributed by atoms with E-state index in [1.165, 1.54) is 19.3 Å². The van der Waals surface area contributed by atoms with Gasteiger partial charge in [0.15, 0.2) is 0 Å². The van der Waals surface area contributed by atoms with Crippen LogP contribution in [0, 0.1) is 11.8 Å². The van der Waals surface area contributed by atoms with Crippen LogP contribution < -0.4 is 0 Å². The predicted octanol–water partition coefficient (Wildman–Crippen LogP) is 5.80. The average molecular weight is 437 g/mol. The molecule has 3 rings (SSSR count). The van der Waals surface area contributed by atoms with Gasteiger partial charge >= 0.3 is 5.97 Å². The lowest BCUT2D eigenvalue weighted by molar-refractivity contribution is -0.137. The second kappa shape index (κ2) is 11.5. The quantitative estimate of drug-likeness (QED) is 0.320. The summed E-state index contributed by atoms with van der Waals surface area (Å²) >= 11 is 6.60. The Balaban J connectivity index is 1.57. The van der Waals surface area contributed by atoms with Crippen molar-refractivity contribution in [1.82, 2.24) is 0 Å². The molecule has 1 aromatic rings. The van der Waals surface area contributed by atoms with E-state index in [0.717, 1.165) is 56.1 Å². The van der Waals surface area contributed by atoms with E-state index in [1.807, 2.05) is 12.1 Å². The minimum absolute atomic E-state index is 0.0310. The number of aliphatic carboxylic acids is 1. The molecule has 1 unspecified atom stereocenters. The van der Waals surface area contributed by atoms with Gasteiger partial charge in [-0.05, 0) is 55.1 Å². The molecule has 0 spiro atoms. The number of hydrogen-bond acceptors (Lipinski definition) is 3. The molecule has 2 saturated carbocycles. The van der Waals surface area contributed by atoms with Crippen molar-refractivity contribution in [2.24, 2.45) is 11.8 Å². The van der Waals surface area contributed by atoms with Gasteiger partial charge in [0, 0.05) is 17.7 Å². The van der Waals surface area contributed by atoms with Gasteiger partial charge in [0.25, 0.3) is 0 Å². The van der Waals surface area contributed by atoms with Gasteiger partial charge in [-0.1, -0.05) is 62.8 Å². The number of carboxylic acid groups (broad SMARTS) is 1. The smallest absolute Gasteiger partial charge is 0.303 e. The van der Waals surface area contributed by atoms with Gasteiger partial charge in [-0.2, -0.15) is 0 Å². The van der Waals surface area contributed by atoms with Crippen molar-refractivity contribution in [3.8, 4) is 0 Å². The second-order valence-corrected chi connectivity index (χ2v) is 9.93. The Morgan fingerprint density at radius 2 is 1.70 bits per heavy atom. The first-order valence-corrected chi connectivity index (χ1v) is 12.2. The maximum atomic E-state index is 10.8. The average Bonchev–Trinajstić information content (AvgIpc) is 3.03. The molecule has 0 amide bonds. The number of halogens is 1. The van der Waals surface area contributed by atoms with Gasteiger partial charge in [0.05, 0.1) is 12.2 Å². The number of alkyl halides is 1. The highest BCUT2D eigenvalue weighted by atomic mass is 35.5. The van der Waals surface area contributed by atoms with E-state index in [4.69, 9.17) is 16.7 Å². The number of carboxylic acids is 1. The summed E-state index contributed by atoms with van der Waals surface area (Å²) in [6, 6.07) is 8.21. The van der Waals surface area contributed by atoms with Crippen LogP contribution in [0.5, 0.6) is 0 Å². The van der Waals surface area contributed by atoms with Crippen molar-refractivity contribution >= 4 is 17.6 Å². The molecule has 0 aliphatic heterocycles. The van der Waals surface area contributed by atoms with E-state index < -0.39 is 18.2 Å². The first-order valence-electron chi connectivity index (χ1n) is 11.8. The van der Waals surface area contributed by atoms with E-state index in [0.29, 0.717) is 12.3 Å². The summed E-state index contributed by atoms with van der Waals surface area (Å²) in [4.78, 5) is 10.6. The maximum absolute atomic E-state index is 10.8. The first-order chi connectivity index (χ1) is 14.5. The molecule has 0 saturated heterocycles. The minimum Gasteiger partial charge on any atom is -0.481 e. The van der Waals surface area contributed by atoms with E-state index in [2.05, 4.69) is 12.1 Å². The molecule has 0 radical (unpaired) electrons. The lowest BCUT2D eigenvalue weighted by Crippen LogP contribution is -2.19. The summed E-state index contributed by atoms with van der Waals surface area (Å²) in [7, 11) is 0. The number of unbranched alkanes of at least 4 members (excludes halogenated alkanes) is 3. The Bertz CT molecular complexity index is 656. The van der Waals surface area contributed by atoms with E-state index in [9.17, 15) is 15.0 Å². The molecular formula is C25H37ClO4. The summed E-state index contributed by atoms with van der Waals surface area (Å²) in [6.45, 7) is 0. The minimum atomic E-state index is -0.730. The van der Waals surface area contributed by atoms with Crippen LogP contribution in [0.3, 0.4) is 0 Å². The number of aliphatic hydroxyl groups is 2. The molecule has 1 aromatic carbocycles. The number of hydrogen-bond donors (Lipinski definition) is 3. The molecule has 30 heavy (non-hydrogen) atoms. The number of carbonyl (C=O) groups is 1. The van der Waals surface area contributed by atoms with E-state index in [1.54, 1.807) is 0 Å². The highest BCUT2D eigenvalue weighted by Crippen LogP contribution is 2.45. The lowest BCUT2D eigenvalue weighted by Gasteiger charge is -2.28. The zero-order valence-electron chi connectivity index (χ0n) is 17.9. The van der Waals surface area contributed by atoms with Crippen LogP contribution in [-0.2, 0) is 4.79 Å². The van der Waals surface area contributed by atoms with Gasteiger partial charge in [-0.15, -0.1) is 11.6 Å². The molecule has 3 N–H and O–H groups in total. The zero-order valence-corrected chi connectivity index (χ0v) is 18.6. The molecule has 0 aromatic heterocycles. The Kier molecular flexibility index (Phi) is 9.03. The topological polar surface area (TPSA) is 77.8 Å². The van der Waals surface area contributed by atoms with Crippen LogP contribution >= 0.6 is 11.6 Å². The van der Waals surface area contributed by atoms with E-state index >= 15 is 0 Å². The first kappa shape index (κ1) is 23.6. The summed E-state index contributed by atoms with van der Waals surface area (Å²) in [5.74, 6) is -0.0997. The predicted molar refractivity (Wildman–Crippen MR) is 120 cm³/mol. The Hall–Kier alpha value is -1.10. The second-order valence-electron chi connectivity index (χ2n) is 9.36. The molecule has 0 heterocycles. The van der Waals surface area contributed by atoms with Gasteiger partial charge in [0.2, 0.25) is 0 Å². The van der Waals surface area contributed by atoms with Gasteiger partial charge < -0.3 is 15.3 Å². The molecule has 168 valence electrons. The standard InChI is InChI=1S/C25H37ClO4/c26-21-16-22(27)24(20(21)10-6-1-2-7-11-23(28)29)17-12-14-19(15-13-17)25(30)18-8-4-3-5-9-18/h12-15,18,20-22,24-25,27,30H,1-11,16H2,(H,28,29)/t20-,21+,22+,24-,25?/m0/s1. The van der Waals surface area contributed by atoms with Crippen molar-refractivity contribution in [2.75, 3.05) is 0 Å². The van der Waals surface area contributed by atoms with Crippen LogP contribution in [0.1, 0.15) is 100 Å². The molecule has 2 aliphatic carbocycles. The third-order valence-corrected chi connectivity index (χ3v) is 7.75. The molecule has 5 heteroatoms. The van der Waals surface area contributed by atoms with E-state index in [-0.39, 0.29) is 23.6 Å². The van der Waals surface area contributed by atoms with Crippen LogP contribution in [0.2, 0.25) is 0 Å². The Morgan fingerprint density at radius 1 is 1.03 bits per heavy atom. The SMILES string of the molecule is O=C(O)CCCCCC[C@@H]1[C@H](c2ccc(C(O)C3CCCCC3)cc2)[C@H](O)C[C@H]1Cl. The normalized spacial score (nSPS) is 28.5. The summed E-state index contributed by atoms with van der Waals surface area (Å²) in [6.07, 6.45) is 10.5. The maximum Gasteiger partial charge on any atom is 0.303 e. The summed E-state index contributed by atoms with van der Waals surface area (Å²) < 4.78 is 0. The zero-order chi connectivity index (χ0) is 21.5. The highest BCUT2D eigenvalue weighted by molar-refractivity contribution is 6.21. The Morgan fingerprint density at radius 3 is 2.37 bits per heavy atom. The summed E-state index contributed by atoms with van der Waals surface area (Å²) in [5.41, 5.74) is 2.09.